The van der Waals surface area contributed by atoms with E-state index in [0.29, 0.717) is 12.6 Å². The Bertz CT molecular complexity index is 884. The molecular weight excluding hydrogens is 336 g/mol. The normalized spacial score (nSPS) is 16.1. The maximum absolute atomic E-state index is 5.88. The largest absolute Gasteiger partial charge is 0.489 e. The molecule has 2 heterocycles. The molecule has 1 aromatic heterocycles. The molecule has 1 aliphatic rings. The maximum Gasteiger partial charge on any atom is 0.147 e. The molecule has 0 spiro atoms. The van der Waals surface area contributed by atoms with E-state index in [1.807, 2.05) is 23.7 Å². The molecule has 0 saturated heterocycles. The number of nitrogens with zero attached hydrogens (tertiary/aromatic N) is 3. The summed E-state index contributed by atoms with van der Waals surface area (Å²) in [5.74, 6) is 2.88. The molecule has 1 aliphatic heterocycles. The Morgan fingerprint density at radius 3 is 2.56 bits per heavy atom. The van der Waals surface area contributed by atoms with Crippen molar-refractivity contribution >= 4 is 0 Å². The van der Waals surface area contributed by atoms with Crippen LogP contribution in [0.4, 0.5) is 0 Å². The second-order valence-electron chi connectivity index (χ2n) is 7.29. The number of aromatic nitrogens is 3. The van der Waals surface area contributed by atoms with Crippen molar-refractivity contribution in [2.24, 2.45) is 0 Å². The molecule has 1 atom stereocenters. The molecule has 3 aromatic rings. The van der Waals surface area contributed by atoms with Crippen molar-refractivity contribution in [3.63, 3.8) is 0 Å². The van der Waals surface area contributed by atoms with Crippen LogP contribution >= 0.6 is 0 Å². The molecule has 27 heavy (non-hydrogen) atoms. The lowest BCUT2D eigenvalue weighted by molar-refractivity contribution is 0.306. The molecular formula is C22H26N4O. The summed E-state index contributed by atoms with van der Waals surface area (Å²) in [6, 6.07) is 17.2. The van der Waals surface area contributed by atoms with Gasteiger partial charge < -0.3 is 10.1 Å². The van der Waals surface area contributed by atoms with Crippen LogP contribution in [0, 0.1) is 13.8 Å². The SMILES string of the molecule is Cc1ccc(COc2ccc(CNC3CCc4nc(C)nn4C3)cc2)cc1. The highest BCUT2D eigenvalue weighted by Crippen LogP contribution is 2.16. The van der Waals surface area contributed by atoms with Crippen LogP contribution in [0.15, 0.2) is 48.5 Å². The van der Waals surface area contributed by atoms with E-state index >= 15 is 0 Å². The summed E-state index contributed by atoms with van der Waals surface area (Å²) in [7, 11) is 0. The van der Waals surface area contributed by atoms with E-state index in [-0.39, 0.29) is 0 Å². The monoisotopic (exact) mass is 362 g/mol. The first kappa shape index (κ1) is 17.7. The van der Waals surface area contributed by atoms with Gasteiger partial charge in [0.05, 0.1) is 6.54 Å². The van der Waals surface area contributed by atoms with E-state index in [2.05, 4.69) is 58.7 Å². The highest BCUT2D eigenvalue weighted by atomic mass is 16.5. The second kappa shape index (κ2) is 7.92. The van der Waals surface area contributed by atoms with Gasteiger partial charge in [-0.25, -0.2) is 9.67 Å². The molecule has 5 heteroatoms. The van der Waals surface area contributed by atoms with Gasteiger partial charge in [-0.1, -0.05) is 42.0 Å². The molecule has 0 radical (unpaired) electrons. The van der Waals surface area contributed by atoms with Crippen molar-refractivity contribution in [2.75, 3.05) is 0 Å². The van der Waals surface area contributed by atoms with Crippen LogP contribution in [0.25, 0.3) is 0 Å². The van der Waals surface area contributed by atoms with Crippen molar-refractivity contribution < 1.29 is 4.74 Å². The Labute approximate surface area is 160 Å². The van der Waals surface area contributed by atoms with Crippen molar-refractivity contribution in [3.05, 3.63) is 76.9 Å². The molecule has 4 rings (SSSR count). The van der Waals surface area contributed by atoms with E-state index in [4.69, 9.17) is 4.74 Å². The van der Waals surface area contributed by atoms with Crippen LogP contribution in [0.3, 0.4) is 0 Å². The number of ether oxygens (including phenoxy) is 1. The summed E-state index contributed by atoms with van der Waals surface area (Å²) in [5, 5.41) is 8.11. The molecule has 0 bridgehead atoms. The highest BCUT2D eigenvalue weighted by Gasteiger charge is 2.20. The maximum atomic E-state index is 5.88. The van der Waals surface area contributed by atoms with Crippen LogP contribution in [-0.4, -0.2) is 20.8 Å². The van der Waals surface area contributed by atoms with Gasteiger partial charge in [-0.15, -0.1) is 0 Å². The topological polar surface area (TPSA) is 52.0 Å². The molecule has 140 valence electrons. The number of aryl methyl sites for hydroxylation is 3. The van der Waals surface area contributed by atoms with E-state index in [1.54, 1.807) is 0 Å². The Balaban J connectivity index is 1.26. The second-order valence-corrected chi connectivity index (χ2v) is 7.29. The first-order valence-corrected chi connectivity index (χ1v) is 9.57. The summed E-state index contributed by atoms with van der Waals surface area (Å²) in [6.07, 6.45) is 2.10. The van der Waals surface area contributed by atoms with Gasteiger partial charge in [-0.2, -0.15) is 5.10 Å². The highest BCUT2D eigenvalue weighted by molar-refractivity contribution is 5.28. The fourth-order valence-corrected chi connectivity index (χ4v) is 3.42. The quantitative estimate of drug-likeness (QED) is 0.728. The summed E-state index contributed by atoms with van der Waals surface area (Å²) in [4.78, 5) is 4.47. The minimum atomic E-state index is 0.441. The first-order valence-electron chi connectivity index (χ1n) is 9.57. The fourth-order valence-electron chi connectivity index (χ4n) is 3.42. The summed E-state index contributed by atoms with van der Waals surface area (Å²) >= 11 is 0. The van der Waals surface area contributed by atoms with Gasteiger partial charge in [0.15, 0.2) is 0 Å². The number of hydrogen-bond donors (Lipinski definition) is 1. The number of rotatable bonds is 6. The minimum absolute atomic E-state index is 0.441. The van der Waals surface area contributed by atoms with Crippen molar-refractivity contribution in [3.8, 4) is 5.75 Å². The average molecular weight is 362 g/mol. The van der Waals surface area contributed by atoms with Gasteiger partial charge in [0, 0.05) is 19.0 Å². The predicted octanol–water partition coefficient (Wildman–Crippen LogP) is 3.58. The van der Waals surface area contributed by atoms with Crippen LogP contribution < -0.4 is 10.1 Å². The fraction of sp³-hybridized carbons (Fsp3) is 0.364. The summed E-state index contributed by atoms with van der Waals surface area (Å²) < 4.78 is 7.92. The summed E-state index contributed by atoms with van der Waals surface area (Å²) in [5.41, 5.74) is 3.72. The zero-order valence-corrected chi connectivity index (χ0v) is 16.0. The molecule has 0 aliphatic carbocycles. The molecule has 2 aromatic carbocycles. The van der Waals surface area contributed by atoms with Crippen molar-refractivity contribution in [1.82, 2.24) is 20.1 Å². The number of hydrogen-bond acceptors (Lipinski definition) is 4. The predicted molar refractivity (Wildman–Crippen MR) is 106 cm³/mol. The molecule has 5 nitrogen and oxygen atoms in total. The number of nitrogens with one attached hydrogen (secondary N) is 1. The van der Waals surface area contributed by atoms with Gasteiger partial charge in [0.25, 0.3) is 0 Å². The van der Waals surface area contributed by atoms with Crippen molar-refractivity contribution in [1.29, 1.82) is 0 Å². The summed E-state index contributed by atoms with van der Waals surface area (Å²) in [6.45, 7) is 6.40. The van der Waals surface area contributed by atoms with Gasteiger partial charge in [-0.3, -0.25) is 0 Å². The molecule has 1 N–H and O–H groups in total. The number of fused-ring (bicyclic) bond motifs is 1. The third kappa shape index (κ3) is 4.55. The van der Waals surface area contributed by atoms with Crippen molar-refractivity contribution in [2.45, 2.75) is 52.4 Å². The Morgan fingerprint density at radius 1 is 1.04 bits per heavy atom. The molecule has 0 amide bonds. The first-order chi connectivity index (χ1) is 13.2. The third-order valence-corrected chi connectivity index (χ3v) is 5.01. The third-order valence-electron chi connectivity index (χ3n) is 5.01. The van der Waals surface area contributed by atoms with Crippen LogP contribution in [0.2, 0.25) is 0 Å². The van der Waals surface area contributed by atoms with Gasteiger partial charge in [-0.05, 0) is 43.5 Å². The Morgan fingerprint density at radius 2 is 1.78 bits per heavy atom. The molecule has 0 fully saturated rings. The lowest BCUT2D eigenvalue weighted by Gasteiger charge is -2.23. The minimum Gasteiger partial charge on any atom is -0.489 e. The van der Waals surface area contributed by atoms with Gasteiger partial charge in [0.1, 0.15) is 24.0 Å². The van der Waals surface area contributed by atoms with Crippen LogP contribution in [-0.2, 0) is 26.1 Å². The van der Waals surface area contributed by atoms with E-state index in [1.165, 1.54) is 16.7 Å². The van der Waals surface area contributed by atoms with E-state index in [9.17, 15) is 0 Å². The molecule has 0 saturated carbocycles. The standard InChI is InChI=1S/C22H26N4O/c1-16-3-5-19(6-4-16)15-27-21-10-7-18(8-11-21)13-23-20-9-12-22-24-17(2)25-26(22)14-20/h3-8,10-11,20,23H,9,12-15H2,1-2H3. The van der Waals surface area contributed by atoms with Crippen LogP contribution in [0.1, 0.15) is 34.8 Å². The smallest absolute Gasteiger partial charge is 0.147 e. The molecule has 1 unspecified atom stereocenters. The van der Waals surface area contributed by atoms with E-state index in [0.717, 1.165) is 43.3 Å². The Hall–Kier alpha value is -2.66. The zero-order valence-electron chi connectivity index (χ0n) is 16.0. The zero-order chi connectivity index (χ0) is 18.6. The Kier molecular flexibility index (Phi) is 5.21. The van der Waals surface area contributed by atoms with E-state index < -0.39 is 0 Å². The number of benzene rings is 2. The average Bonchev–Trinajstić information content (AvgIpc) is 3.06. The lowest BCUT2D eigenvalue weighted by atomic mass is 10.1. The lowest BCUT2D eigenvalue weighted by Crippen LogP contribution is -2.37. The van der Waals surface area contributed by atoms with Gasteiger partial charge >= 0.3 is 0 Å². The van der Waals surface area contributed by atoms with Gasteiger partial charge in [0.2, 0.25) is 0 Å². The van der Waals surface area contributed by atoms with Crippen LogP contribution in [0.5, 0.6) is 5.75 Å².